The highest BCUT2D eigenvalue weighted by atomic mass is 16.6. The highest BCUT2D eigenvalue weighted by molar-refractivity contribution is 5.72. The van der Waals surface area contributed by atoms with Gasteiger partial charge in [0.1, 0.15) is 12.7 Å². The van der Waals surface area contributed by atoms with E-state index in [0.717, 1.165) is 19.7 Å². The van der Waals surface area contributed by atoms with Gasteiger partial charge in [-0.05, 0) is 19.8 Å². The molecule has 0 unspecified atom stereocenters. The zero-order chi connectivity index (χ0) is 13.7. The first kappa shape index (κ1) is 15.4. The molecule has 0 aromatic heterocycles. The summed E-state index contributed by atoms with van der Waals surface area (Å²) in [6.07, 6.45) is 0.0180. The summed E-state index contributed by atoms with van der Waals surface area (Å²) >= 11 is 0. The molecule has 0 bridgehead atoms. The second-order valence-electron chi connectivity index (χ2n) is 5.74. The number of carbonyl (C=O) groups excluding carboxylic acids is 1. The van der Waals surface area contributed by atoms with Gasteiger partial charge in [0.25, 0.3) is 0 Å². The van der Waals surface area contributed by atoms with Crippen molar-refractivity contribution in [2.75, 3.05) is 26.3 Å². The largest absolute Gasteiger partial charge is 0.463 e. The fourth-order valence-corrected chi connectivity index (χ4v) is 1.89. The van der Waals surface area contributed by atoms with Gasteiger partial charge in [0.2, 0.25) is 0 Å². The van der Waals surface area contributed by atoms with E-state index in [1.807, 2.05) is 20.8 Å². The van der Waals surface area contributed by atoms with E-state index >= 15 is 0 Å². The van der Waals surface area contributed by atoms with Crippen LogP contribution in [0.15, 0.2) is 0 Å². The molecule has 1 saturated heterocycles. The van der Waals surface area contributed by atoms with Crippen LogP contribution in [0.5, 0.6) is 0 Å². The fourth-order valence-electron chi connectivity index (χ4n) is 1.89. The normalized spacial score (nSPS) is 23.4. The van der Waals surface area contributed by atoms with Crippen molar-refractivity contribution in [1.82, 2.24) is 4.90 Å². The SMILES string of the molecule is CC(C)[C@H](C)C(=O)OC[C@@H]1CN(C(C)C)CCO1. The van der Waals surface area contributed by atoms with Crippen molar-refractivity contribution in [2.45, 2.75) is 46.8 Å². The summed E-state index contributed by atoms with van der Waals surface area (Å²) < 4.78 is 11.0. The molecular formula is C14H27NO3. The van der Waals surface area contributed by atoms with Crippen LogP contribution < -0.4 is 0 Å². The lowest BCUT2D eigenvalue weighted by molar-refractivity contribution is -0.156. The number of hydrogen-bond donors (Lipinski definition) is 0. The lowest BCUT2D eigenvalue weighted by atomic mass is 9.99. The average molecular weight is 257 g/mol. The van der Waals surface area contributed by atoms with Crippen LogP contribution in [0.1, 0.15) is 34.6 Å². The molecule has 106 valence electrons. The van der Waals surface area contributed by atoms with Gasteiger partial charge in [-0.15, -0.1) is 0 Å². The maximum absolute atomic E-state index is 11.8. The first-order valence-electron chi connectivity index (χ1n) is 6.94. The molecule has 1 aliphatic heterocycles. The van der Waals surface area contributed by atoms with Crippen molar-refractivity contribution in [2.24, 2.45) is 11.8 Å². The van der Waals surface area contributed by atoms with E-state index in [0.29, 0.717) is 18.6 Å². The van der Waals surface area contributed by atoms with Crippen LogP contribution in [-0.4, -0.2) is 49.3 Å². The van der Waals surface area contributed by atoms with Crippen molar-refractivity contribution in [3.8, 4) is 0 Å². The lowest BCUT2D eigenvalue weighted by Crippen LogP contribution is -2.47. The van der Waals surface area contributed by atoms with Gasteiger partial charge in [-0.1, -0.05) is 20.8 Å². The predicted octanol–water partition coefficient (Wildman–Crippen LogP) is 1.93. The van der Waals surface area contributed by atoms with Crippen LogP contribution in [-0.2, 0) is 14.3 Å². The summed E-state index contributed by atoms with van der Waals surface area (Å²) in [7, 11) is 0. The summed E-state index contributed by atoms with van der Waals surface area (Å²) in [6.45, 7) is 13.2. The van der Waals surface area contributed by atoms with E-state index in [4.69, 9.17) is 9.47 Å². The predicted molar refractivity (Wildman–Crippen MR) is 71.4 cm³/mol. The van der Waals surface area contributed by atoms with Crippen LogP contribution in [0.3, 0.4) is 0 Å². The maximum Gasteiger partial charge on any atom is 0.309 e. The minimum absolute atomic E-state index is 0.0180. The van der Waals surface area contributed by atoms with E-state index in [2.05, 4.69) is 18.7 Å². The van der Waals surface area contributed by atoms with E-state index in [1.54, 1.807) is 0 Å². The van der Waals surface area contributed by atoms with Crippen molar-refractivity contribution in [3.05, 3.63) is 0 Å². The number of morpholine rings is 1. The minimum atomic E-state index is -0.115. The number of carbonyl (C=O) groups is 1. The average Bonchev–Trinajstić information content (AvgIpc) is 2.35. The summed E-state index contributed by atoms with van der Waals surface area (Å²) in [5.74, 6) is 0.155. The number of ether oxygens (including phenoxy) is 2. The molecule has 0 aromatic carbocycles. The highest BCUT2D eigenvalue weighted by Gasteiger charge is 2.25. The molecule has 1 heterocycles. The zero-order valence-electron chi connectivity index (χ0n) is 12.3. The molecule has 0 amide bonds. The zero-order valence-corrected chi connectivity index (χ0v) is 12.3. The van der Waals surface area contributed by atoms with Gasteiger partial charge in [-0.25, -0.2) is 0 Å². The third kappa shape index (κ3) is 4.58. The van der Waals surface area contributed by atoms with Gasteiger partial charge in [0.05, 0.1) is 12.5 Å². The van der Waals surface area contributed by atoms with Gasteiger partial charge in [-0.3, -0.25) is 9.69 Å². The Morgan fingerprint density at radius 2 is 2.00 bits per heavy atom. The Hall–Kier alpha value is -0.610. The van der Waals surface area contributed by atoms with Gasteiger partial charge < -0.3 is 9.47 Å². The molecular weight excluding hydrogens is 230 g/mol. The second-order valence-corrected chi connectivity index (χ2v) is 5.74. The minimum Gasteiger partial charge on any atom is -0.463 e. The standard InChI is InChI=1S/C14H27NO3/c1-10(2)12(5)14(16)18-9-13-8-15(11(3)4)6-7-17-13/h10-13H,6-9H2,1-5H3/t12-,13-/m0/s1. The van der Waals surface area contributed by atoms with E-state index in [1.165, 1.54) is 0 Å². The van der Waals surface area contributed by atoms with Gasteiger partial charge in [-0.2, -0.15) is 0 Å². The molecule has 4 nitrogen and oxygen atoms in total. The van der Waals surface area contributed by atoms with Gasteiger partial charge in [0.15, 0.2) is 0 Å². The number of esters is 1. The molecule has 1 fully saturated rings. The molecule has 18 heavy (non-hydrogen) atoms. The molecule has 2 atom stereocenters. The molecule has 0 aliphatic carbocycles. The fraction of sp³-hybridized carbons (Fsp3) is 0.929. The van der Waals surface area contributed by atoms with Gasteiger partial charge >= 0.3 is 5.97 Å². The molecule has 0 aromatic rings. The van der Waals surface area contributed by atoms with E-state index < -0.39 is 0 Å². The third-order valence-electron chi connectivity index (χ3n) is 3.68. The van der Waals surface area contributed by atoms with Crippen LogP contribution in [0.2, 0.25) is 0 Å². The summed E-state index contributed by atoms with van der Waals surface area (Å²) in [5, 5.41) is 0. The monoisotopic (exact) mass is 257 g/mol. The molecule has 0 saturated carbocycles. The second kappa shape index (κ2) is 7.10. The topological polar surface area (TPSA) is 38.8 Å². The first-order chi connectivity index (χ1) is 8.41. The van der Waals surface area contributed by atoms with Crippen molar-refractivity contribution in [3.63, 3.8) is 0 Å². The summed E-state index contributed by atoms with van der Waals surface area (Å²) in [5.41, 5.74) is 0. The Labute approximate surface area is 111 Å². The molecule has 0 spiro atoms. The van der Waals surface area contributed by atoms with Crippen molar-refractivity contribution >= 4 is 5.97 Å². The number of hydrogen-bond acceptors (Lipinski definition) is 4. The number of nitrogens with zero attached hydrogens (tertiary/aromatic N) is 1. The van der Waals surface area contributed by atoms with Crippen LogP contribution in [0, 0.1) is 11.8 Å². The molecule has 1 rings (SSSR count). The van der Waals surface area contributed by atoms with E-state index in [9.17, 15) is 4.79 Å². The quantitative estimate of drug-likeness (QED) is 0.706. The van der Waals surface area contributed by atoms with Crippen molar-refractivity contribution < 1.29 is 14.3 Å². The molecule has 0 N–H and O–H groups in total. The first-order valence-corrected chi connectivity index (χ1v) is 6.94. The maximum atomic E-state index is 11.8. The Morgan fingerprint density at radius 3 is 2.56 bits per heavy atom. The third-order valence-corrected chi connectivity index (χ3v) is 3.68. The smallest absolute Gasteiger partial charge is 0.309 e. The van der Waals surface area contributed by atoms with Crippen LogP contribution in [0.4, 0.5) is 0 Å². The summed E-state index contributed by atoms with van der Waals surface area (Å²) in [6, 6.07) is 0.515. The van der Waals surface area contributed by atoms with Gasteiger partial charge in [0, 0.05) is 19.1 Å². The Morgan fingerprint density at radius 1 is 1.33 bits per heavy atom. The van der Waals surface area contributed by atoms with Crippen LogP contribution >= 0.6 is 0 Å². The summed E-state index contributed by atoms with van der Waals surface area (Å²) in [4.78, 5) is 14.1. The Balaban J connectivity index is 2.32. The molecule has 1 aliphatic rings. The lowest BCUT2D eigenvalue weighted by Gasteiger charge is -2.35. The Bertz CT molecular complexity index is 266. The van der Waals surface area contributed by atoms with Crippen LogP contribution in [0.25, 0.3) is 0 Å². The molecule has 0 radical (unpaired) electrons. The number of rotatable bonds is 5. The Kier molecular flexibility index (Phi) is 6.09. The highest BCUT2D eigenvalue weighted by Crippen LogP contribution is 2.13. The van der Waals surface area contributed by atoms with Crippen molar-refractivity contribution in [1.29, 1.82) is 0 Å². The van der Waals surface area contributed by atoms with E-state index in [-0.39, 0.29) is 18.0 Å². The molecule has 4 heteroatoms.